The largest absolute Gasteiger partial charge is 0.338 e. The zero-order valence-electron chi connectivity index (χ0n) is 18.2. The third kappa shape index (κ3) is 5.94. The molecule has 0 radical (unpaired) electrons. The number of benzene rings is 1. The fourth-order valence-corrected chi connectivity index (χ4v) is 5.45. The van der Waals surface area contributed by atoms with Gasteiger partial charge in [0.15, 0.2) is 0 Å². The Morgan fingerprint density at radius 1 is 1.13 bits per heavy atom. The van der Waals surface area contributed by atoms with Crippen molar-refractivity contribution in [2.45, 2.75) is 31.7 Å². The first-order valence-electron chi connectivity index (χ1n) is 10.9. The molecule has 0 spiro atoms. The maximum Gasteiger partial charge on any atom is 0.317 e. The number of carbonyl (C=O) groups is 1. The molecule has 0 aliphatic carbocycles. The highest BCUT2D eigenvalue weighted by atomic mass is 32.2. The zero-order chi connectivity index (χ0) is 21.6. The Bertz CT molecular complexity index is 781. The SMILES string of the molecule is CN(C)S(=O)(=O)N(CCN1CCCC1)C1CCN(C(=O)NCCc2ccccc2)C1. The molecule has 2 fully saturated rings. The van der Waals surface area contributed by atoms with Crippen LogP contribution in [0, 0.1) is 0 Å². The van der Waals surface area contributed by atoms with E-state index < -0.39 is 10.2 Å². The molecule has 0 saturated carbocycles. The summed E-state index contributed by atoms with van der Waals surface area (Å²) in [6.45, 7) is 4.86. The van der Waals surface area contributed by atoms with Gasteiger partial charge in [0.1, 0.15) is 0 Å². The van der Waals surface area contributed by atoms with Crippen molar-refractivity contribution < 1.29 is 13.2 Å². The van der Waals surface area contributed by atoms with Gasteiger partial charge in [-0.1, -0.05) is 30.3 Å². The Labute approximate surface area is 181 Å². The van der Waals surface area contributed by atoms with Crippen LogP contribution in [0.3, 0.4) is 0 Å². The summed E-state index contributed by atoms with van der Waals surface area (Å²) in [5, 5.41) is 2.97. The second-order valence-corrected chi connectivity index (χ2v) is 10.4. The van der Waals surface area contributed by atoms with E-state index in [1.807, 2.05) is 30.3 Å². The number of nitrogens with zero attached hydrogens (tertiary/aromatic N) is 4. The lowest BCUT2D eigenvalue weighted by Gasteiger charge is -2.32. The fraction of sp³-hybridized carbons (Fsp3) is 0.667. The molecule has 2 saturated heterocycles. The molecule has 1 unspecified atom stereocenters. The Balaban J connectivity index is 1.54. The minimum absolute atomic E-state index is 0.116. The van der Waals surface area contributed by atoms with Crippen LogP contribution in [-0.2, 0) is 16.6 Å². The Morgan fingerprint density at radius 3 is 2.50 bits per heavy atom. The van der Waals surface area contributed by atoms with Gasteiger partial charge in [-0.15, -0.1) is 0 Å². The molecule has 2 aliphatic heterocycles. The molecule has 0 bridgehead atoms. The Morgan fingerprint density at radius 2 is 1.83 bits per heavy atom. The molecule has 1 atom stereocenters. The van der Waals surface area contributed by atoms with Crippen LogP contribution >= 0.6 is 0 Å². The molecular weight excluding hydrogens is 402 g/mol. The standard InChI is InChI=1S/C21H35N5O3S/c1-23(2)30(28,29)26(17-16-24-13-6-7-14-24)20-11-15-25(18-20)21(27)22-12-10-19-8-4-3-5-9-19/h3-5,8-9,20H,6-7,10-18H2,1-2H3,(H,22,27). The van der Waals surface area contributed by atoms with E-state index in [2.05, 4.69) is 10.2 Å². The summed E-state index contributed by atoms with van der Waals surface area (Å²) in [5.41, 5.74) is 1.18. The minimum atomic E-state index is -3.53. The van der Waals surface area contributed by atoms with E-state index in [9.17, 15) is 13.2 Å². The van der Waals surface area contributed by atoms with Gasteiger partial charge in [-0.3, -0.25) is 0 Å². The first-order valence-corrected chi connectivity index (χ1v) is 12.3. The van der Waals surface area contributed by atoms with Crippen LogP contribution in [0.25, 0.3) is 0 Å². The van der Waals surface area contributed by atoms with Gasteiger partial charge in [0.25, 0.3) is 10.2 Å². The van der Waals surface area contributed by atoms with Gasteiger partial charge in [-0.2, -0.15) is 17.0 Å². The maximum atomic E-state index is 12.9. The lowest BCUT2D eigenvalue weighted by atomic mass is 10.1. The summed E-state index contributed by atoms with van der Waals surface area (Å²) in [7, 11) is -0.393. The van der Waals surface area contributed by atoms with E-state index in [0.29, 0.717) is 32.6 Å². The molecule has 1 N–H and O–H groups in total. The van der Waals surface area contributed by atoms with Crippen molar-refractivity contribution in [1.82, 2.24) is 23.7 Å². The number of amides is 2. The lowest BCUT2D eigenvalue weighted by molar-refractivity contribution is 0.202. The van der Waals surface area contributed by atoms with Gasteiger partial charge in [-0.25, -0.2) is 4.79 Å². The highest BCUT2D eigenvalue weighted by molar-refractivity contribution is 7.86. The van der Waals surface area contributed by atoms with Crippen molar-refractivity contribution in [2.75, 3.05) is 59.9 Å². The van der Waals surface area contributed by atoms with Gasteiger partial charge >= 0.3 is 6.03 Å². The van der Waals surface area contributed by atoms with Crippen molar-refractivity contribution in [1.29, 1.82) is 0 Å². The summed E-state index contributed by atoms with van der Waals surface area (Å²) in [4.78, 5) is 16.6. The van der Waals surface area contributed by atoms with Crippen LogP contribution in [0.5, 0.6) is 0 Å². The smallest absolute Gasteiger partial charge is 0.317 e. The average molecular weight is 438 g/mol. The van der Waals surface area contributed by atoms with Gasteiger partial charge in [0, 0.05) is 52.9 Å². The molecule has 1 aromatic rings. The van der Waals surface area contributed by atoms with Gasteiger partial charge < -0.3 is 15.1 Å². The predicted octanol–water partition coefficient (Wildman–Crippen LogP) is 1.22. The normalized spacial score (nSPS) is 20.4. The van der Waals surface area contributed by atoms with Crippen LogP contribution in [0.1, 0.15) is 24.8 Å². The highest BCUT2D eigenvalue weighted by Gasteiger charge is 2.37. The predicted molar refractivity (Wildman–Crippen MR) is 119 cm³/mol. The summed E-state index contributed by atoms with van der Waals surface area (Å²) < 4.78 is 28.8. The third-order valence-corrected chi connectivity index (χ3v) is 7.98. The molecule has 30 heavy (non-hydrogen) atoms. The quantitative estimate of drug-likeness (QED) is 0.630. The number of carbonyl (C=O) groups excluding carboxylic acids is 1. The summed E-state index contributed by atoms with van der Waals surface area (Å²) in [5.74, 6) is 0. The van der Waals surface area contributed by atoms with Gasteiger partial charge in [0.05, 0.1) is 0 Å². The Hall–Kier alpha value is -1.68. The minimum Gasteiger partial charge on any atom is -0.338 e. The van der Waals surface area contributed by atoms with Crippen LogP contribution in [-0.4, -0.2) is 98.8 Å². The highest BCUT2D eigenvalue weighted by Crippen LogP contribution is 2.21. The molecule has 2 amide bonds. The number of likely N-dealkylation sites (tertiary alicyclic amines) is 2. The number of hydrogen-bond donors (Lipinski definition) is 1. The Kier molecular flexibility index (Phi) is 8.10. The summed E-state index contributed by atoms with van der Waals surface area (Å²) >= 11 is 0. The molecular formula is C21H35N5O3S. The van der Waals surface area contributed by atoms with Crippen LogP contribution < -0.4 is 5.32 Å². The second kappa shape index (κ2) is 10.6. The topological polar surface area (TPSA) is 76.2 Å². The first-order chi connectivity index (χ1) is 14.4. The molecule has 3 rings (SSSR count). The lowest BCUT2D eigenvalue weighted by Crippen LogP contribution is -2.50. The van der Waals surface area contributed by atoms with E-state index >= 15 is 0 Å². The number of nitrogens with one attached hydrogen (secondary N) is 1. The van der Waals surface area contributed by atoms with E-state index in [-0.39, 0.29) is 12.1 Å². The van der Waals surface area contributed by atoms with Crippen LogP contribution in [0.15, 0.2) is 30.3 Å². The number of hydrogen-bond acceptors (Lipinski definition) is 4. The van der Waals surface area contributed by atoms with E-state index in [0.717, 1.165) is 26.1 Å². The molecule has 2 aliphatic rings. The summed E-state index contributed by atoms with van der Waals surface area (Å²) in [6.07, 6.45) is 3.81. The van der Waals surface area contributed by atoms with Crippen molar-refractivity contribution in [3.05, 3.63) is 35.9 Å². The molecule has 168 valence electrons. The van der Waals surface area contributed by atoms with Crippen molar-refractivity contribution in [2.24, 2.45) is 0 Å². The maximum absolute atomic E-state index is 12.9. The van der Waals surface area contributed by atoms with E-state index in [1.165, 1.54) is 22.7 Å². The van der Waals surface area contributed by atoms with Crippen molar-refractivity contribution >= 4 is 16.2 Å². The average Bonchev–Trinajstić information content (AvgIpc) is 3.41. The number of urea groups is 1. The molecule has 1 aromatic carbocycles. The molecule has 0 aromatic heterocycles. The second-order valence-electron chi connectivity index (χ2n) is 8.31. The fourth-order valence-electron chi connectivity index (χ4n) is 4.17. The van der Waals surface area contributed by atoms with Crippen molar-refractivity contribution in [3.63, 3.8) is 0 Å². The van der Waals surface area contributed by atoms with Gasteiger partial charge in [0.2, 0.25) is 0 Å². The third-order valence-electron chi connectivity index (χ3n) is 5.98. The molecule has 8 nitrogen and oxygen atoms in total. The van der Waals surface area contributed by atoms with Crippen molar-refractivity contribution in [3.8, 4) is 0 Å². The zero-order valence-corrected chi connectivity index (χ0v) is 19.0. The molecule has 9 heteroatoms. The molecule has 2 heterocycles. The van der Waals surface area contributed by atoms with E-state index in [4.69, 9.17) is 0 Å². The number of rotatable bonds is 9. The van der Waals surface area contributed by atoms with E-state index in [1.54, 1.807) is 23.3 Å². The van der Waals surface area contributed by atoms with Gasteiger partial charge in [-0.05, 0) is 44.3 Å². The summed E-state index contributed by atoms with van der Waals surface area (Å²) in [6, 6.07) is 9.75. The van der Waals surface area contributed by atoms with Crippen LogP contribution in [0.2, 0.25) is 0 Å². The van der Waals surface area contributed by atoms with Crippen LogP contribution in [0.4, 0.5) is 4.79 Å². The monoisotopic (exact) mass is 437 g/mol. The first kappa shape index (κ1) is 23.0.